The third-order valence-corrected chi connectivity index (χ3v) is 9.27. The van der Waals surface area contributed by atoms with Crippen molar-refractivity contribution in [3.8, 4) is 47.4 Å². The van der Waals surface area contributed by atoms with Gasteiger partial charge in [0.25, 0.3) is 0 Å². The van der Waals surface area contributed by atoms with Crippen LogP contribution in [0.5, 0.6) is 0 Å². The first-order chi connectivity index (χ1) is 25.1. The van der Waals surface area contributed by atoms with Crippen LogP contribution in [0.1, 0.15) is 104 Å². The maximum absolute atomic E-state index is 12.8. The van der Waals surface area contributed by atoms with E-state index in [-0.39, 0.29) is 6.42 Å². The van der Waals surface area contributed by atoms with Crippen molar-refractivity contribution in [3.05, 3.63) is 0 Å². The minimum atomic E-state index is -5.38. The van der Waals surface area contributed by atoms with Gasteiger partial charge >= 0.3 is 27.6 Å². The van der Waals surface area contributed by atoms with E-state index in [4.69, 9.17) is 28.3 Å². The highest BCUT2D eigenvalue weighted by molar-refractivity contribution is 7.47. The van der Waals surface area contributed by atoms with Crippen LogP contribution in [0.4, 0.5) is 0 Å². The van der Waals surface area contributed by atoms with Crippen LogP contribution in [0.25, 0.3) is 0 Å². The summed E-state index contributed by atoms with van der Waals surface area (Å²) >= 11 is 0. The second-order valence-electron chi connectivity index (χ2n) is 12.2. The first kappa shape index (κ1) is 48.3. The molecule has 1 fully saturated rings. The Morgan fingerprint density at radius 3 is 1.66 bits per heavy atom. The van der Waals surface area contributed by atoms with Crippen molar-refractivity contribution in [2.75, 3.05) is 13.2 Å². The lowest BCUT2D eigenvalue weighted by Crippen LogP contribution is -2.64. The molecule has 0 bridgehead atoms. The highest BCUT2D eigenvalue weighted by atomic mass is 31.2. The molecule has 53 heavy (non-hydrogen) atoms. The Bertz CT molecular complexity index is 1470. The van der Waals surface area contributed by atoms with Crippen molar-refractivity contribution in [1.82, 2.24) is 0 Å². The van der Waals surface area contributed by atoms with Gasteiger partial charge in [-0.25, -0.2) is 13.9 Å². The number of rotatable bonds is 24. The van der Waals surface area contributed by atoms with Crippen molar-refractivity contribution in [2.45, 2.75) is 146 Å². The van der Waals surface area contributed by atoms with Crippen LogP contribution in [-0.2, 0) is 41.8 Å². The molecule has 16 nitrogen and oxygen atoms in total. The molecule has 0 aromatic rings. The molecule has 0 amide bonds. The summed E-state index contributed by atoms with van der Waals surface area (Å²) in [5, 5.41) is 40.8. The van der Waals surface area contributed by atoms with Gasteiger partial charge in [0.2, 0.25) is 0 Å². The largest absolute Gasteiger partial charge is 0.472 e. The Morgan fingerprint density at radius 2 is 1.13 bits per heavy atom. The zero-order chi connectivity index (χ0) is 39.7. The molecule has 1 aliphatic rings. The summed E-state index contributed by atoms with van der Waals surface area (Å²) in [6.45, 7) is 2.15. The summed E-state index contributed by atoms with van der Waals surface area (Å²) in [5.74, 6) is 16.9. The molecule has 18 heteroatoms. The molecule has 0 aliphatic heterocycles. The van der Waals surface area contributed by atoms with Crippen LogP contribution in [0.15, 0.2) is 0 Å². The van der Waals surface area contributed by atoms with Crippen LogP contribution in [-0.4, -0.2) is 103 Å². The first-order valence-electron chi connectivity index (χ1n) is 17.5. The lowest BCUT2D eigenvalue weighted by atomic mass is 9.85. The monoisotopic (exact) mass is 790 g/mol. The third-order valence-electron chi connectivity index (χ3n) is 7.77. The van der Waals surface area contributed by atoms with Gasteiger partial charge in [0.1, 0.15) is 43.2 Å². The number of carbonyl (C=O) groups excluding carboxylic acids is 2. The van der Waals surface area contributed by atoms with Crippen molar-refractivity contribution in [1.29, 1.82) is 0 Å². The zero-order valence-corrected chi connectivity index (χ0v) is 31.8. The quantitative estimate of drug-likeness (QED) is 0.0244. The number of hydrogen-bond donors (Lipinski definition) is 7. The Hall–Kier alpha value is -2.76. The van der Waals surface area contributed by atoms with Crippen LogP contribution < -0.4 is 0 Å². The van der Waals surface area contributed by atoms with Crippen LogP contribution in [0.2, 0.25) is 0 Å². The Morgan fingerprint density at radius 1 is 0.642 bits per heavy atom. The number of aliphatic hydroxyl groups excluding tert-OH is 4. The van der Waals surface area contributed by atoms with Gasteiger partial charge in [0.05, 0.1) is 6.61 Å². The minimum absolute atomic E-state index is 0.0179. The highest BCUT2D eigenvalue weighted by Crippen LogP contribution is 2.49. The van der Waals surface area contributed by atoms with E-state index in [1.165, 1.54) is 44.9 Å². The molecule has 1 saturated carbocycles. The third kappa shape index (κ3) is 22.3. The number of hydrogen-bond acceptors (Lipinski definition) is 13. The second-order valence-corrected chi connectivity index (χ2v) is 14.8. The lowest BCUT2D eigenvalue weighted by Gasteiger charge is -2.43. The fourth-order valence-electron chi connectivity index (χ4n) is 5.07. The topological polar surface area (TPSA) is 256 Å². The number of carbonyl (C=O) groups is 2. The summed E-state index contributed by atoms with van der Waals surface area (Å²) in [7, 11) is -10.7. The summed E-state index contributed by atoms with van der Waals surface area (Å²) in [5.41, 5.74) is 0. The number of phosphoric acid groups is 2. The molecule has 298 valence electrons. The molecule has 8 atom stereocenters. The fourth-order valence-corrected chi connectivity index (χ4v) is 6.61. The van der Waals surface area contributed by atoms with E-state index < -0.39 is 83.5 Å². The van der Waals surface area contributed by atoms with Gasteiger partial charge in [-0.3, -0.25) is 18.4 Å². The maximum atomic E-state index is 12.8. The number of esters is 2. The number of ether oxygens (including phenoxy) is 2. The van der Waals surface area contributed by atoms with E-state index in [2.05, 4.69) is 58.8 Å². The molecule has 0 radical (unpaired) electrons. The van der Waals surface area contributed by atoms with E-state index in [1.54, 1.807) is 6.92 Å². The van der Waals surface area contributed by atoms with Gasteiger partial charge in [-0.1, -0.05) is 89.9 Å². The normalized spacial score (nSPS) is 22.5. The Balaban J connectivity index is 2.78. The number of aliphatic hydroxyl groups is 4. The summed E-state index contributed by atoms with van der Waals surface area (Å²) < 4.78 is 48.3. The lowest BCUT2D eigenvalue weighted by molar-refractivity contribution is -0.216. The molecular weight excluding hydrogens is 738 g/mol. The first-order valence-corrected chi connectivity index (χ1v) is 20.5. The molecule has 1 aliphatic carbocycles. The smallest absolute Gasteiger partial charge is 0.456 e. The average Bonchev–Trinajstić information content (AvgIpc) is 3.10. The maximum Gasteiger partial charge on any atom is 0.472 e. The van der Waals surface area contributed by atoms with Gasteiger partial charge in [-0.15, -0.1) is 0 Å². The van der Waals surface area contributed by atoms with Crippen LogP contribution in [0.3, 0.4) is 0 Å². The van der Waals surface area contributed by atoms with Crippen molar-refractivity contribution in [2.24, 2.45) is 0 Å². The van der Waals surface area contributed by atoms with Gasteiger partial charge < -0.3 is 44.6 Å². The van der Waals surface area contributed by atoms with Gasteiger partial charge in [-0.2, -0.15) is 0 Å². The van der Waals surface area contributed by atoms with Gasteiger partial charge in [-0.05, 0) is 48.9 Å². The van der Waals surface area contributed by atoms with Gasteiger partial charge in [0, 0.05) is 12.3 Å². The molecule has 0 aromatic carbocycles. The van der Waals surface area contributed by atoms with E-state index in [0.717, 1.165) is 32.1 Å². The van der Waals surface area contributed by atoms with Crippen molar-refractivity contribution >= 4 is 27.6 Å². The van der Waals surface area contributed by atoms with Crippen LogP contribution >= 0.6 is 15.6 Å². The molecule has 0 saturated heterocycles. The predicted molar refractivity (Wildman–Crippen MR) is 190 cm³/mol. The Labute approximate surface area is 311 Å². The van der Waals surface area contributed by atoms with Crippen molar-refractivity contribution < 1.29 is 76.9 Å². The molecule has 7 N–H and O–H groups in total. The summed E-state index contributed by atoms with van der Waals surface area (Å²) in [4.78, 5) is 53.2. The highest BCUT2D eigenvalue weighted by Gasteiger charge is 2.54. The SMILES string of the molecule is CC#CC#CC#CC#CC(=O)OC[C@H](COP(=O)(O)OC1C(O)[C@@H](O)C(O)[C@@H](OP(=O)(O)O)C1O)OC(=O)CCCCCCCCCCCCCCC. The van der Waals surface area contributed by atoms with Gasteiger partial charge in [0.15, 0.2) is 6.10 Å². The van der Waals surface area contributed by atoms with E-state index >= 15 is 0 Å². The molecule has 0 heterocycles. The standard InChI is InChI=1S/C35H52O16P2/c1-3-5-7-9-11-12-13-14-15-16-18-20-22-24-29(37)49-27(25-47-28(36)23-21-19-17-10-8-6-4-2)26-48-53(45,46)51-35-32(40)30(38)31(39)34(33(35)41)50-52(42,43)44/h27,30-35,38-41H,3,5,7,9,11-16,18,20,22,24-26H2,1-2H3,(H,45,46)(H2,42,43,44)/t27-,30+,31?,32?,33?,34-,35?/m1/s1. The Kier molecular flexibility index (Phi) is 24.5. The molecule has 0 spiro atoms. The summed E-state index contributed by atoms with van der Waals surface area (Å²) in [6.07, 6.45) is -0.866. The van der Waals surface area contributed by atoms with Crippen molar-refractivity contribution in [3.63, 3.8) is 0 Å². The van der Waals surface area contributed by atoms with Crippen LogP contribution in [0, 0.1) is 47.4 Å². The zero-order valence-electron chi connectivity index (χ0n) is 30.1. The van der Waals surface area contributed by atoms with E-state index in [9.17, 15) is 44.0 Å². The minimum Gasteiger partial charge on any atom is -0.456 e. The second kappa shape index (κ2) is 26.9. The number of unbranched alkanes of at least 4 members (excludes halogenated alkanes) is 12. The fraction of sp³-hybridized carbons (Fsp3) is 0.714. The predicted octanol–water partition coefficient (Wildman–Crippen LogP) is 2.39. The molecular formula is C35H52O16P2. The molecule has 5 unspecified atom stereocenters. The van der Waals surface area contributed by atoms with E-state index in [0.29, 0.717) is 6.42 Å². The number of phosphoric ester groups is 2. The average molecular weight is 791 g/mol. The van der Waals surface area contributed by atoms with E-state index in [1.807, 2.05) is 0 Å². The summed E-state index contributed by atoms with van der Waals surface area (Å²) in [6, 6.07) is 0. The molecule has 0 aromatic heterocycles. The molecule has 1 rings (SSSR count).